The Labute approximate surface area is 204 Å². The topological polar surface area (TPSA) is 109 Å². The summed E-state index contributed by atoms with van der Waals surface area (Å²) in [5.41, 5.74) is 1.66. The van der Waals surface area contributed by atoms with Gasteiger partial charge in [0.2, 0.25) is 0 Å². The van der Waals surface area contributed by atoms with Crippen LogP contribution in [0.25, 0.3) is 0 Å². The Bertz CT molecular complexity index is 692. The smallest absolute Gasteiger partial charge is 0.335 e. The Morgan fingerprint density at radius 1 is 0.529 bits per heavy atom. The zero-order valence-electron chi connectivity index (χ0n) is 20.6. The number of aryl methyl sites for hydroxylation is 2. The molecule has 0 unspecified atom stereocenters. The van der Waals surface area contributed by atoms with Gasteiger partial charge in [-0.2, -0.15) is 0 Å². The fourth-order valence-corrected chi connectivity index (χ4v) is 4.36. The molecule has 0 aliphatic heterocycles. The molecule has 1 aromatic carbocycles. The molecule has 6 nitrogen and oxygen atoms in total. The van der Waals surface area contributed by atoms with E-state index in [4.69, 9.17) is 0 Å². The van der Waals surface area contributed by atoms with Crippen LogP contribution in [0.2, 0.25) is 0 Å². The molecule has 0 spiro atoms. The molecule has 0 aromatic heterocycles. The third-order valence-electron chi connectivity index (χ3n) is 6.33. The quantitative estimate of drug-likeness (QED) is 0.141. The van der Waals surface area contributed by atoms with E-state index in [2.05, 4.69) is 0 Å². The molecule has 0 atom stereocenters. The number of unbranched alkanes of at least 4 members (excludes halogenated alkanes) is 14. The van der Waals surface area contributed by atoms with Crippen LogP contribution >= 0.6 is 0 Å². The van der Waals surface area contributed by atoms with Crippen LogP contribution in [0.4, 0.5) is 0 Å². The molecule has 0 fully saturated rings. The van der Waals surface area contributed by atoms with E-state index in [0.717, 1.165) is 102 Å². The summed E-state index contributed by atoms with van der Waals surface area (Å²) >= 11 is 0. The molecule has 0 saturated heterocycles. The molecule has 0 radical (unpaired) electrons. The van der Waals surface area contributed by atoms with Crippen LogP contribution in [-0.4, -0.2) is 34.7 Å². The van der Waals surface area contributed by atoms with Crippen LogP contribution in [0.3, 0.4) is 0 Å². The molecule has 0 aliphatic carbocycles. The largest absolute Gasteiger partial charge is 0.478 e. The Balaban J connectivity index is 2.54. The first kappa shape index (κ1) is 29.5. The molecule has 0 bridgehead atoms. The lowest BCUT2D eigenvalue weighted by Crippen LogP contribution is -2.10. The fourth-order valence-electron chi connectivity index (χ4n) is 4.36. The molecule has 0 amide bonds. The lowest BCUT2D eigenvalue weighted by Gasteiger charge is -2.13. The molecule has 190 valence electrons. The van der Waals surface area contributed by atoms with Gasteiger partial charge in [-0.15, -0.1) is 0 Å². The number of carboxylic acids is 2. The normalized spacial score (nSPS) is 10.8. The number of carbonyl (C=O) groups is 4. The van der Waals surface area contributed by atoms with E-state index in [1.165, 1.54) is 0 Å². The van der Waals surface area contributed by atoms with Gasteiger partial charge in [0, 0.05) is 12.8 Å². The summed E-state index contributed by atoms with van der Waals surface area (Å²) in [6.07, 6.45) is 18.5. The Kier molecular flexibility index (Phi) is 16.4. The second-order valence-electron chi connectivity index (χ2n) is 9.14. The zero-order chi connectivity index (χ0) is 25.0. The van der Waals surface area contributed by atoms with Crippen LogP contribution in [-0.2, 0) is 22.4 Å². The summed E-state index contributed by atoms with van der Waals surface area (Å²) in [6, 6.07) is 3.15. The maximum absolute atomic E-state index is 11.8. The average molecular weight is 475 g/mol. The van der Waals surface area contributed by atoms with Gasteiger partial charge in [0.25, 0.3) is 0 Å². The van der Waals surface area contributed by atoms with Gasteiger partial charge in [-0.05, 0) is 61.8 Å². The third kappa shape index (κ3) is 12.7. The minimum atomic E-state index is -1.00. The molecular weight excluding hydrogens is 432 g/mol. The molecule has 34 heavy (non-hydrogen) atoms. The zero-order valence-corrected chi connectivity index (χ0v) is 20.6. The van der Waals surface area contributed by atoms with Crippen molar-refractivity contribution in [1.29, 1.82) is 0 Å². The first-order valence-corrected chi connectivity index (χ1v) is 13.0. The van der Waals surface area contributed by atoms with Gasteiger partial charge in [-0.3, -0.25) is 0 Å². The van der Waals surface area contributed by atoms with Crippen LogP contribution in [0.1, 0.15) is 135 Å². The van der Waals surface area contributed by atoms with E-state index in [-0.39, 0.29) is 11.1 Å². The van der Waals surface area contributed by atoms with Gasteiger partial charge in [0.05, 0.1) is 11.1 Å². The number of aldehydes is 2. The van der Waals surface area contributed by atoms with E-state index < -0.39 is 11.9 Å². The molecule has 1 rings (SSSR count). The number of carboxylic acid groups (broad SMARTS) is 2. The molecule has 6 heteroatoms. The summed E-state index contributed by atoms with van der Waals surface area (Å²) in [5, 5.41) is 19.4. The summed E-state index contributed by atoms with van der Waals surface area (Å²) in [4.78, 5) is 44.3. The first-order valence-electron chi connectivity index (χ1n) is 13.0. The molecule has 2 N–H and O–H groups in total. The van der Waals surface area contributed by atoms with Crippen molar-refractivity contribution in [3.63, 3.8) is 0 Å². The maximum Gasteiger partial charge on any atom is 0.335 e. The van der Waals surface area contributed by atoms with E-state index in [1.54, 1.807) is 12.1 Å². The third-order valence-corrected chi connectivity index (χ3v) is 6.33. The highest BCUT2D eigenvalue weighted by molar-refractivity contribution is 5.94. The molecular formula is C28H42O6. The van der Waals surface area contributed by atoms with Crippen molar-refractivity contribution >= 4 is 24.5 Å². The minimum absolute atomic E-state index is 0.226. The monoisotopic (exact) mass is 474 g/mol. The Hall–Kier alpha value is -2.50. The second-order valence-corrected chi connectivity index (χ2v) is 9.14. The lowest BCUT2D eigenvalue weighted by molar-refractivity contribution is -0.108. The Morgan fingerprint density at radius 2 is 0.824 bits per heavy atom. The maximum atomic E-state index is 11.8. The van der Waals surface area contributed by atoms with Crippen molar-refractivity contribution in [2.75, 3.05) is 0 Å². The van der Waals surface area contributed by atoms with E-state index in [1.807, 2.05) is 0 Å². The van der Waals surface area contributed by atoms with Crippen molar-refractivity contribution in [3.05, 3.63) is 34.4 Å². The van der Waals surface area contributed by atoms with Gasteiger partial charge in [-0.1, -0.05) is 64.2 Å². The molecule has 0 aliphatic rings. The van der Waals surface area contributed by atoms with Gasteiger partial charge < -0.3 is 19.8 Å². The number of aromatic carboxylic acids is 2. The van der Waals surface area contributed by atoms with Gasteiger partial charge in [-0.25, -0.2) is 9.59 Å². The highest BCUT2D eigenvalue weighted by Gasteiger charge is 2.18. The second kappa shape index (κ2) is 18.9. The molecule has 0 heterocycles. The fraction of sp³-hybridized carbons (Fsp3) is 0.643. The van der Waals surface area contributed by atoms with Crippen LogP contribution in [0, 0.1) is 0 Å². The standard InChI is InChI=1S/C28H42O6/c29-19-15-11-7-3-1-5-9-13-17-23-21-26(28(33)34)24(22-25(23)27(31)32)18-14-10-6-2-4-8-12-16-20-30/h19-22H,1-18H2,(H,31,32)(H,33,34). The van der Waals surface area contributed by atoms with E-state index in [0.29, 0.717) is 36.8 Å². The molecule has 1 aromatic rings. The summed E-state index contributed by atoms with van der Waals surface area (Å²) in [6.45, 7) is 0. The SMILES string of the molecule is O=CCCCCCCCCCc1cc(C(=O)O)c(CCCCCCCCCC=O)cc1C(=O)O. The predicted molar refractivity (Wildman–Crippen MR) is 134 cm³/mol. The summed E-state index contributed by atoms with van der Waals surface area (Å²) in [7, 11) is 0. The summed E-state index contributed by atoms with van der Waals surface area (Å²) < 4.78 is 0. The van der Waals surface area contributed by atoms with Gasteiger partial charge >= 0.3 is 11.9 Å². The Morgan fingerprint density at radius 3 is 1.12 bits per heavy atom. The average Bonchev–Trinajstić information content (AvgIpc) is 2.81. The van der Waals surface area contributed by atoms with Crippen molar-refractivity contribution in [2.45, 2.75) is 116 Å². The lowest BCUT2D eigenvalue weighted by atomic mass is 9.92. The number of carbonyl (C=O) groups excluding carboxylic acids is 2. The highest BCUT2D eigenvalue weighted by Crippen LogP contribution is 2.23. The van der Waals surface area contributed by atoms with Gasteiger partial charge in [0.15, 0.2) is 0 Å². The van der Waals surface area contributed by atoms with Crippen LogP contribution in [0.15, 0.2) is 12.1 Å². The number of benzene rings is 1. The minimum Gasteiger partial charge on any atom is -0.478 e. The number of hydrogen-bond donors (Lipinski definition) is 2. The number of rotatable bonds is 22. The van der Waals surface area contributed by atoms with Crippen molar-refractivity contribution < 1.29 is 29.4 Å². The van der Waals surface area contributed by atoms with E-state index in [9.17, 15) is 29.4 Å². The molecule has 0 saturated carbocycles. The van der Waals surface area contributed by atoms with Crippen LogP contribution in [0.5, 0.6) is 0 Å². The van der Waals surface area contributed by atoms with Gasteiger partial charge in [0.1, 0.15) is 12.6 Å². The summed E-state index contributed by atoms with van der Waals surface area (Å²) in [5.74, 6) is -2.00. The first-order chi connectivity index (χ1) is 16.5. The van der Waals surface area contributed by atoms with Crippen molar-refractivity contribution in [1.82, 2.24) is 0 Å². The highest BCUT2D eigenvalue weighted by atomic mass is 16.4. The van der Waals surface area contributed by atoms with Crippen molar-refractivity contribution in [3.8, 4) is 0 Å². The van der Waals surface area contributed by atoms with E-state index >= 15 is 0 Å². The van der Waals surface area contributed by atoms with Crippen LogP contribution < -0.4 is 0 Å². The number of hydrogen-bond acceptors (Lipinski definition) is 4. The predicted octanol–water partition coefficient (Wildman–Crippen LogP) is 6.81. The van der Waals surface area contributed by atoms with Crippen molar-refractivity contribution in [2.24, 2.45) is 0 Å².